The van der Waals surface area contributed by atoms with Crippen LogP contribution in [0.25, 0.3) is 0 Å². The maximum absolute atomic E-state index is 11.9. The molecule has 0 radical (unpaired) electrons. The van der Waals surface area contributed by atoms with Gasteiger partial charge in [0, 0.05) is 13.1 Å². The average Bonchev–Trinajstić information content (AvgIpc) is 2.53. The molecule has 0 aromatic carbocycles. The molecule has 1 heterocycles. The second kappa shape index (κ2) is 6.62. The van der Waals surface area contributed by atoms with Crippen molar-refractivity contribution in [3.8, 4) is 0 Å². The van der Waals surface area contributed by atoms with Crippen LogP contribution < -0.4 is 0 Å². The molecule has 2 unspecified atom stereocenters. The van der Waals surface area contributed by atoms with Gasteiger partial charge in [-0.05, 0) is 32.1 Å². The molecule has 1 saturated heterocycles. The number of carboxylic acids is 1. The summed E-state index contributed by atoms with van der Waals surface area (Å²) < 4.78 is 0. The summed E-state index contributed by atoms with van der Waals surface area (Å²) in [6, 6.07) is 0. The summed E-state index contributed by atoms with van der Waals surface area (Å²) in [4.78, 5) is 24.4. The van der Waals surface area contributed by atoms with Crippen LogP contribution in [0.3, 0.4) is 0 Å². The van der Waals surface area contributed by atoms with E-state index >= 15 is 0 Å². The van der Waals surface area contributed by atoms with E-state index in [2.05, 4.69) is 6.92 Å². The molecule has 0 saturated carbocycles. The Hall–Kier alpha value is -1.06. The molecular weight excluding hydrogens is 218 g/mol. The summed E-state index contributed by atoms with van der Waals surface area (Å²) in [7, 11) is 0. The third kappa shape index (κ3) is 4.02. The fourth-order valence-corrected chi connectivity index (χ4v) is 2.46. The van der Waals surface area contributed by atoms with Gasteiger partial charge in [0.25, 0.3) is 0 Å². The Morgan fingerprint density at radius 1 is 1.35 bits per heavy atom. The third-order valence-corrected chi connectivity index (χ3v) is 3.60. The summed E-state index contributed by atoms with van der Waals surface area (Å²) in [6.45, 7) is 5.09. The third-order valence-electron chi connectivity index (χ3n) is 3.60. The van der Waals surface area contributed by atoms with Crippen molar-refractivity contribution in [2.75, 3.05) is 13.1 Å². The first-order valence-corrected chi connectivity index (χ1v) is 6.57. The van der Waals surface area contributed by atoms with Crippen molar-refractivity contribution < 1.29 is 14.7 Å². The Labute approximate surface area is 103 Å². The SMILES string of the molecule is CCCC1CCCN(C(=O)C(C)C(=O)O)CC1. The maximum atomic E-state index is 11.9. The number of likely N-dealkylation sites (tertiary alicyclic amines) is 1. The first-order valence-electron chi connectivity index (χ1n) is 6.57. The molecule has 0 spiro atoms. The standard InChI is InChI=1S/C13H23NO3/c1-3-5-11-6-4-8-14(9-7-11)12(15)10(2)13(16)17/h10-11H,3-9H2,1-2H3,(H,16,17). The number of amides is 1. The Balaban J connectivity index is 2.50. The predicted octanol–water partition coefficient (Wildman–Crippen LogP) is 2.14. The van der Waals surface area contributed by atoms with E-state index in [1.165, 1.54) is 26.2 Å². The predicted molar refractivity (Wildman–Crippen MR) is 65.6 cm³/mol. The highest BCUT2D eigenvalue weighted by Crippen LogP contribution is 2.22. The number of aliphatic carboxylic acids is 1. The fourth-order valence-electron chi connectivity index (χ4n) is 2.46. The highest BCUT2D eigenvalue weighted by Gasteiger charge is 2.27. The summed E-state index contributed by atoms with van der Waals surface area (Å²) in [5, 5.41) is 8.84. The van der Waals surface area contributed by atoms with Crippen LogP contribution in [0.5, 0.6) is 0 Å². The van der Waals surface area contributed by atoms with E-state index in [9.17, 15) is 9.59 Å². The molecule has 4 heteroatoms. The van der Waals surface area contributed by atoms with Crippen molar-refractivity contribution in [1.29, 1.82) is 0 Å². The molecule has 2 atom stereocenters. The van der Waals surface area contributed by atoms with Gasteiger partial charge in [0.2, 0.25) is 5.91 Å². The second-order valence-corrected chi connectivity index (χ2v) is 4.97. The maximum Gasteiger partial charge on any atom is 0.315 e. The van der Waals surface area contributed by atoms with Gasteiger partial charge < -0.3 is 10.0 Å². The Bertz CT molecular complexity index is 278. The van der Waals surface area contributed by atoms with Crippen molar-refractivity contribution in [2.45, 2.75) is 46.0 Å². The van der Waals surface area contributed by atoms with Crippen LogP contribution in [0.4, 0.5) is 0 Å². The topological polar surface area (TPSA) is 57.6 Å². The normalized spacial score (nSPS) is 22.9. The highest BCUT2D eigenvalue weighted by molar-refractivity contribution is 5.96. The largest absolute Gasteiger partial charge is 0.481 e. The van der Waals surface area contributed by atoms with Gasteiger partial charge in [-0.3, -0.25) is 9.59 Å². The Morgan fingerprint density at radius 3 is 2.65 bits per heavy atom. The highest BCUT2D eigenvalue weighted by atomic mass is 16.4. The van der Waals surface area contributed by atoms with Crippen LogP contribution in [-0.2, 0) is 9.59 Å². The van der Waals surface area contributed by atoms with E-state index in [4.69, 9.17) is 5.11 Å². The minimum absolute atomic E-state index is 0.227. The van der Waals surface area contributed by atoms with E-state index in [0.29, 0.717) is 5.92 Å². The van der Waals surface area contributed by atoms with E-state index in [-0.39, 0.29) is 5.91 Å². The van der Waals surface area contributed by atoms with Crippen molar-refractivity contribution in [3.63, 3.8) is 0 Å². The van der Waals surface area contributed by atoms with Gasteiger partial charge in [0.15, 0.2) is 0 Å². The van der Waals surface area contributed by atoms with Crippen LogP contribution in [0.15, 0.2) is 0 Å². The number of nitrogens with zero attached hydrogens (tertiary/aromatic N) is 1. The second-order valence-electron chi connectivity index (χ2n) is 4.97. The number of hydrogen-bond donors (Lipinski definition) is 1. The number of carbonyl (C=O) groups is 2. The number of carbonyl (C=O) groups excluding carboxylic acids is 1. The van der Waals surface area contributed by atoms with Gasteiger partial charge in [-0.2, -0.15) is 0 Å². The van der Waals surface area contributed by atoms with Crippen LogP contribution in [0.1, 0.15) is 46.0 Å². The van der Waals surface area contributed by atoms with Crippen LogP contribution >= 0.6 is 0 Å². The lowest BCUT2D eigenvalue weighted by Gasteiger charge is -2.22. The number of rotatable bonds is 4. The Kier molecular flexibility index (Phi) is 5.45. The van der Waals surface area contributed by atoms with E-state index in [1.54, 1.807) is 4.90 Å². The average molecular weight is 241 g/mol. The smallest absolute Gasteiger partial charge is 0.315 e. The van der Waals surface area contributed by atoms with Crippen LogP contribution in [0.2, 0.25) is 0 Å². The first-order chi connectivity index (χ1) is 8.06. The molecule has 98 valence electrons. The molecule has 1 aliphatic heterocycles. The van der Waals surface area contributed by atoms with Crippen molar-refractivity contribution >= 4 is 11.9 Å². The van der Waals surface area contributed by atoms with E-state index < -0.39 is 11.9 Å². The minimum Gasteiger partial charge on any atom is -0.481 e. The molecule has 17 heavy (non-hydrogen) atoms. The van der Waals surface area contributed by atoms with Gasteiger partial charge in [-0.25, -0.2) is 0 Å². The molecule has 0 aliphatic carbocycles. The zero-order chi connectivity index (χ0) is 12.8. The molecule has 1 aliphatic rings. The van der Waals surface area contributed by atoms with Crippen molar-refractivity contribution in [2.24, 2.45) is 11.8 Å². The lowest BCUT2D eigenvalue weighted by atomic mass is 9.96. The quantitative estimate of drug-likeness (QED) is 0.767. The Morgan fingerprint density at radius 2 is 2.06 bits per heavy atom. The van der Waals surface area contributed by atoms with Gasteiger partial charge in [0.05, 0.1) is 0 Å². The van der Waals surface area contributed by atoms with E-state index in [0.717, 1.165) is 25.9 Å². The molecule has 1 rings (SSSR count). The summed E-state index contributed by atoms with van der Waals surface area (Å²) in [5.41, 5.74) is 0. The zero-order valence-electron chi connectivity index (χ0n) is 10.8. The van der Waals surface area contributed by atoms with Crippen molar-refractivity contribution in [1.82, 2.24) is 4.90 Å². The molecular formula is C13H23NO3. The van der Waals surface area contributed by atoms with E-state index in [1.807, 2.05) is 0 Å². The molecule has 4 nitrogen and oxygen atoms in total. The van der Waals surface area contributed by atoms with Gasteiger partial charge >= 0.3 is 5.97 Å². The number of hydrogen-bond acceptors (Lipinski definition) is 2. The van der Waals surface area contributed by atoms with Gasteiger partial charge in [-0.15, -0.1) is 0 Å². The van der Waals surface area contributed by atoms with Crippen LogP contribution in [0, 0.1) is 11.8 Å². The minimum atomic E-state index is -1.02. The summed E-state index contributed by atoms with van der Waals surface area (Å²) >= 11 is 0. The summed E-state index contributed by atoms with van der Waals surface area (Å²) in [6.07, 6.45) is 5.59. The first kappa shape index (κ1) is 14.0. The molecule has 1 fully saturated rings. The molecule has 0 bridgehead atoms. The molecule has 1 amide bonds. The fraction of sp³-hybridized carbons (Fsp3) is 0.846. The monoisotopic (exact) mass is 241 g/mol. The molecule has 0 aromatic rings. The van der Waals surface area contributed by atoms with Crippen LogP contribution in [-0.4, -0.2) is 35.0 Å². The van der Waals surface area contributed by atoms with Crippen molar-refractivity contribution in [3.05, 3.63) is 0 Å². The molecule has 0 aromatic heterocycles. The summed E-state index contributed by atoms with van der Waals surface area (Å²) in [5.74, 6) is -1.45. The van der Waals surface area contributed by atoms with Gasteiger partial charge in [-0.1, -0.05) is 19.8 Å². The lowest BCUT2D eigenvalue weighted by molar-refractivity contribution is -0.150. The number of carboxylic acid groups (broad SMARTS) is 1. The van der Waals surface area contributed by atoms with Gasteiger partial charge in [0.1, 0.15) is 5.92 Å². The lowest BCUT2D eigenvalue weighted by Crippen LogP contribution is -2.38. The zero-order valence-corrected chi connectivity index (χ0v) is 10.8. The molecule has 1 N–H and O–H groups in total.